The van der Waals surface area contributed by atoms with Crippen LogP contribution in [0.25, 0.3) is 33.4 Å². The number of fused-ring (bicyclic) bond motifs is 1. The van der Waals surface area contributed by atoms with Crippen LogP contribution < -0.4 is 4.74 Å². The minimum atomic E-state index is -1.25. The van der Waals surface area contributed by atoms with Gasteiger partial charge in [-0.15, -0.1) is 5.10 Å². The predicted octanol–water partition coefficient (Wildman–Crippen LogP) is 6.65. The zero-order chi connectivity index (χ0) is 31.5. The summed E-state index contributed by atoms with van der Waals surface area (Å²) in [7, 11) is 0. The van der Waals surface area contributed by atoms with Crippen LogP contribution in [0.3, 0.4) is 0 Å². The summed E-state index contributed by atoms with van der Waals surface area (Å²) in [6.07, 6.45) is 7.36. The number of carboxylic acid groups (broad SMARTS) is 1. The number of ether oxygens (including phenoxy) is 2. The van der Waals surface area contributed by atoms with Gasteiger partial charge in [0, 0.05) is 59.6 Å². The Kier molecular flexibility index (Phi) is 6.89. The number of hydrogen-bond acceptors (Lipinski definition) is 6. The molecule has 1 aliphatic heterocycles. The second-order valence-electron chi connectivity index (χ2n) is 12.4. The van der Waals surface area contributed by atoms with E-state index in [9.17, 15) is 14.3 Å². The van der Waals surface area contributed by atoms with E-state index in [4.69, 9.17) is 19.6 Å². The second-order valence-corrected chi connectivity index (χ2v) is 12.4. The van der Waals surface area contributed by atoms with Crippen molar-refractivity contribution in [2.24, 2.45) is 0 Å². The normalized spacial score (nSPS) is 13.7. The molecule has 0 saturated heterocycles. The Morgan fingerprint density at radius 2 is 1.91 bits per heavy atom. The summed E-state index contributed by atoms with van der Waals surface area (Å²) in [5.41, 5.74) is 6.39. The fraction of sp³-hybridized carbons (Fsp3) is 0.257. The van der Waals surface area contributed by atoms with E-state index in [2.05, 4.69) is 5.10 Å². The highest BCUT2D eigenvalue weighted by Gasteiger charge is 2.33. The first kappa shape index (κ1) is 28.7. The molecule has 0 spiro atoms. The van der Waals surface area contributed by atoms with Crippen molar-refractivity contribution in [3.63, 3.8) is 0 Å². The first-order valence-electron chi connectivity index (χ1n) is 14.8. The fourth-order valence-electron chi connectivity index (χ4n) is 6.09. The molecule has 0 amide bonds. The molecule has 5 heterocycles. The van der Waals surface area contributed by atoms with Crippen molar-refractivity contribution in [2.75, 3.05) is 6.61 Å². The van der Waals surface area contributed by atoms with Gasteiger partial charge in [-0.25, -0.2) is 18.4 Å². The Balaban J connectivity index is 1.44. The van der Waals surface area contributed by atoms with Crippen LogP contribution in [0.4, 0.5) is 4.39 Å². The van der Waals surface area contributed by atoms with Gasteiger partial charge < -0.3 is 14.6 Å². The molecule has 0 aliphatic carbocycles. The van der Waals surface area contributed by atoms with Gasteiger partial charge in [-0.3, -0.25) is 4.98 Å². The first-order valence-corrected chi connectivity index (χ1v) is 14.8. The third kappa shape index (κ3) is 5.31. The summed E-state index contributed by atoms with van der Waals surface area (Å²) in [6.45, 7) is 7.99. The summed E-state index contributed by atoms with van der Waals surface area (Å²) >= 11 is 0. The largest absolute Gasteiger partial charge is 0.493 e. The maximum atomic E-state index is 13.4. The molecule has 1 aliphatic rings. The quantitative estimate of drug-likeness (QED) is 0.217. The predicted molar refractivity (Wildman–Crippen MR) is 167 cm³/mol. The number of pyridine rings is 2. The van der Waals surface area contributed by atoms with Gasteiger partial charge in [0.1, 0.15) is 11.6 Å². The van der Waals surface area contributed by atoms with Crippen molar-refractivity contribution in [1.82, 2.24) is 24.4 Å². The lowest BCUT2D eigenvalue weighted by Crippen LogP contribution is -2.28. The molecule has 0 unspecified atom stereocenters. The van der Waals surface area contributed by atoms with Crippen LogP contribution >= 0.6 is 0 Å². The number of nitrogens with zero attached hydrogens (tertiary/aromatic N) is 5. The summed E-state index contributed by atoms with van der Waals surface area (Å²) in [5, 5.41) is 20.9. The molecule has 0 radical (unpaired) electrons. The Morgan fingerprint density at radius 3 is 2.67 bits per heavy atom. The zero-order valence-electron chi connectivity index (χ0n) is 25.4. The number of aryl methyl sites for hydroxylation is 1. The van der Waals surface area contributed by atoms with Crippen molar-refractivity contribution in [1.29, 1.82) is 0 Å². The van der Waals surface area contributed by atoms with E-state index in [-0.39, 0.29) is 5.82 Å². The number of rotatable bonds is 7. The molecule has 45 heavy (non-hydrogen) atoms. The Bertz CT molecular complexity index is 2080. The van der Waals surface area contributed by atoms with Crippen LogP contribution in [0.2, 0.25) is 0 Å². The molecule has 1 atom stereocenters. The van der Waals surface area contributed by atoms with Gasteiger partial charge in [0.25, 0.3) is 0 Å². The van der Waals surface area contributed by atoms with E-state index in [0.717, 1.165) is 45.3 Å². The van der Waals surface area contributed by atoms with Gasteiger partial charge in [-0.05, 0) is 80.3 Å². The lowest BCUT2D eigenvalue weighted by molar-refractivity contribution is -0.160. The van der Waals surface area contributed by atoms with Crippen molar-refractivity contribution >= 4 is 22.4 Å². The maximum Gasteiger partial charge on any atom is 0.337 e. The Labute approximate surface area is 258 Å². The molecule has 0 bridgehead atoms. The highest BCUT2D eigenvalue weighted by molar-refractivity contribution is 6.04. The summed E-state index contributed by atoms with van der Waals surface area (Å²) in [5.74, 6) is -0.0506. The SMILES string of the molecule is Cc1cn2nc(-n3cc(Cc4ccc(F)cc4)cn3)cc2c(-c2ccc3c4c(ccnc24)CCO3)c1[C@H](OC(C)(C)C)C(=O)O. The molecular formula is C35H32FN5O4. The zero-order valence-corrected chi connectivity index (χ0v) is 25.4. The van der Waals surface area contributed by atoms with Gasteiger partial charge in [-0.2, -0.15) is 5.10 Å². The summed E-state index contributed by atoms with van der Waals surface area (Å²) in [4.78, 5) is 17.6. The molecule has 0 fully saturated rings. The summed E-state index contributed by atoms with van der Waals surface area (Å²) < 4.78 is 29.1. The average Bonchev–Trinajstić information content (AvgIpc) is 3.64. The van der Waals surface area contributed by atoms with E-state index in [1.807, 2.05) is 64.4 Å². The van der Waals surface area contributed by atoms with Crippen molar-refractivity contribution < 1.29 is 23.8 Å². The van der Waals surface area contributed by atoms with Gasteiger partial charge in [-0.1, -0.05) is 12.1 Å². The highest BCUT2D eigenvalue weighted by Crippen LogP contribution is 2.44. The second kappa shape index (κ2) is 10.8. The molecule has 2 aromatic carbocycles. The number of aromatic nitrogens is 5. The Morgan fingerprint density at radius 1 is 1.11 bits per heavy atom. The molecule has 7 rings (SSSR count). The smallest absolute Gasteiger partial charge is 0.337 e. The van der Waals surface area contributed by atoms with E-state index < -0.39 is 17.7 Å². The van der Waals surface area contributed by atoms with Crippen LogP contribution in [-0.4, -0.2) is 47.7 Å². The van der Waals surface area contributed by atoms with Gasteiger partial charge >= 0.3 is 5.97 Å². The monoisotopic (exact) mass is 605 g/mol. The van der Waals surface area contributed by atoms with Crippen LogP contribution in [0.5, 0.6) is 5.75 Å². The third-order valence-electron chi connectivity index (χ3n) is 7.98. The van der Waals surface area contributed by atoms with Crippen molar-refractivity contribution in [3.8, 4) is 22.7 Å². The minimum absolute atomic E-state index is 0.277. The molecular weight excluding hydrogens is 573 g/mol. The number of benzene rings is 2. The first-order chi connectivity index (χ1) is 21.6. The van der Waals surface area contributed by atoms with Crippen LogP contribution in [0, 0.1) is 12.7 Å². The Hall–Kier alpha value is -5.09. The van der Waals surface area contributed by atoms with E-state index in [1.165, 1.54) is 12.1 Å². The lowest BCUT2D eigenvalue weighted by Gasteiger charge is -2.28. The lowest BCUT2D eigenvalue weighted by atomic mass is 9.89. The van der Waals surface area contributed by atoms with Gasteiger partial charge in [0.05, 0.1) is 29.4 Å². The van der Waals surface area contributed by atoms with Crippen LogP contribution in [0.15, 0.2) is 73.3 Å². The van der Waals surface area contributed by atoms with E-state index in [1.54, 1.807) is 33.7 Å². The maximum absolute atomic E-state index is 13.4. The summed E-state index contributed by atoms with van der Waals surface area (Å²) in [6, 6.07) is 14.2. The molecule has 1 N–H and O–H groups in total. The molecule has 228 valence electrons. The fourth-order valence-corrected chi connectivity index (χ4v) is 6.09. The van der Waals surface area contributed by atoms with Crippen molar-refractivity contribution in [3.05, 3.63) is 107 Å². The topological polar surface area (TPSA) is 104 Å². The van der Waals surface area contributed by atoms with Gasteiger partial charge in [0.2, 0.25) is 0 Å². The highest BCUT2D eigenvalue weighted by atomic mass is 19.1. The molecule has 10 heteroatoms. The van der Waals surface area contributed by atoms with Gasteiger partial charge in [0.15, 0.2) is 11.9 Å². The van der Waals surface area contributed by atoms with Crippen LogP contribution in [0.1, 0.15) is 54.7 Å². The number of hydrogen-bond donors (Lipinski definition) is 1. The molecule has 6 aromatic rings. The average molecular weight is 606 g/mol. The van der Waals surface area contributed by atoms with Crippen molar-refractivity contribution in [2.45, 2.75) is 52.2 Å². The minimum Gasteiger partial charge on any atom is -0.493 e. The van der Waals surface area contributed by atoms with E-state index >= 15 is 0 Å². The molecule has 4 aromatic heterocycles. The molecule has 0 saturated carbocycles. The van der Waals surface area contributed by atoms with E-state index in [0.29, 0.717) is 41.1 Å². The molecule has 9 nitrogen and oxygen atoms in total. The number of carboxylic acids is 1. The number of halogens is 1. The standard InChI is InChI=1S/C35H32FN5O4/c1-20-18-40-26(16-28(39-40)41-19-22(17-38-41)15-21-5-7-24(36)8-6-21)31(29(20)33(34(42)43)45-35(2,3)4)25-9-10-27-30-23(12-14-44-27)11-13-37-32(25)30/h5-11,13,16-19,33H,12,14-15H2,1-4H3,(H,42,43)/t33-/m0/s1. The van der Waals surface area contributed by atoms with Crippen LogP contribution in [-0.2, 0) is 22.4 Å². The number of aliphatic carboxylic acids is 1. The number of carbonyl (C=O) groups is 1. The third-order valence-corrected chi connectivity index (χ3v) is 7.98.